The molecule has 35 heteroatoms. The van der Waals surface area contributed by atoms with Gasteiger partial charge in [0.2, 0.25) is 12.8 Å². The van der Waals surface area contributed by atoms with E-state index < -0.39 is 95.1 Å². The monoisotopic (exact) mass is 1620 g/mol. The molecule has 3 heterocycles. The van der Waals surface area contributed by atoms with E-state index in [0.29, 0.717) is 30.2 Å². The maximum absolute atomic E-state index is 12.8. The molecule has 35 nitrogen and oxygen atoms in total. The number of terminal acetylenes is 2. The van der Waals surface area contributed by atoms with E-state index in [0.717, 1.165) is 47.7 Å². The lowest BCUT2D eigenvalue weighted by molar-refractivity contribution is -0.188. The number of aliphatic imine (C=N–C) groups is 2. The highest BCUT2D eigenvalue weighted by Gasteiger charge is 2.29. The Labute approximate surface area is 680 Å². The number of esters is 3. The van der Waals surface area contributed by atoms with Gasteiger partial charge >= 0.3 is 48.1 Å². The number of nitrogens with one attached hydrogen (secondary N) is 4. The van der Waals surface area contributed by atoms with Crippen LogP contribution < -0.4 is 16.0 Å². The van der Waals surface area contributed by atoms with E-state index in [9.17, 15) is 38.4 Å². The molecule has 5 atom stereocenters. The second kappa shape index (κ2) is 56.0. The maximum Gasteiger partial charge on any atom is 0.408 e. The molecule has 0 unspecified atom stereocenters. The summed E-state index contributed by atoms with van der Waals surface area (Å²) < 4.78 is 34.7. The van der Waals surface area contributed by atoms with Gasteiger partial charge in [-0.1, -0.05) is 176 Å². The fourth-order valence-corrected chi connectivity index (χ4v) is 8.83. The molecule has 0 saturated heterocycles. The zero-order valence-corrected chi connectivity index (χ0v) is 68.1. The number of nitrogens with zero attached hydrogens (tertiary/aromatic N) is 10. The first-order chi connectivity index (χ1) is 55.8. The molecule has 7 N–H and O–H groups in total. The number of aliphatic hydroxyl groups is 1. The van der Waals surface area contributed by atoms with E-state index in [1.54, 1.807) is 84.1 Å². The number of benzene rings is 5. The minimum absolute atomic E-state index is 0.0346. The van der Waals surface area contributed by atoms with E-state index in [-0.39, 0.29) is 51.9 Å². The summed E-state index contributed by atoms with van der Waals surface area (Å²) in [5, 5.41) is 57.9. The molecular weight excluding hydrogens is 1520 g/mol. The molecule has 0 fully saturated rings. The quantitative estimate of drug-likeness (QED) is 0.00392. The van der Waals surface area contributed by atoms with Crippen molar-refractivity contribution in [3.05, 3.63) is 215 Å². The second-order valence-corrected chi connectivity index (χ2v) is 26.8. The third-order valence-corrected chi connectivity index (χ3v) is 13.8. The lowest BCUT2D eigenvalue weighted by Crippen LogP contribution is -2.45. The molecular formula is C82H106N14O21. The van der Waals surface area contributed by atoms with Crippen LogP contribution in [0, 0.1) is 24.7 Å². The summed E-state index contributed by atoms with van der Waals surface area (Å²) in [5.41, 5.74) is 4.46. The predicted octanol–water partition coefficient (Wildman–Crippen LogP) is 9.77. The van der Waals surface area contributed by atoms with Gasteiger partial charge in [-0.25, -0.2) is 57.7 Å². The number of hydrogen-bond donors (Lipinski definition) is 7. The van der Waals surface area contributed by atoms with Crippen LogP contribution in [0.4, 0.5) is 14.4 Å². The average molecular weight is 1620 g/mol. The molecule has 3 aromatic heterocycles. The summed E-state index contributed by atoms with van der Waals surface area (Å²) in [5.74, 6) is 0.608. The van der Waals surface area contributed by atoms with Crippen molar-refractivity contribution < 1.29 is 102 Å². The zero-order chi connectivity index (χ0) is 87.0. The average Bonchev–Trinajstić information content (AvgIpc) is 1.75. The fraction of sp³-hybridized carbons (Fsp3) is 0.390. The first kappa shape index (κ1) is 99.7. The molecule has 0 spiro atoms. The second-order valence-electron chi connectivity index (χ2n) is 26.8. The number of carboxylic acid groups (broad SMARTS) is 2. The molecule has 0 saturated carbocycles. The highest BCUT2D eigenvalue weighted by molar-refractivity contribution is 5.83. The van der Waals surface area contributed by atoms with Gasteiger partial charge in [0.15, 0.2) is 12.1 Å². The van der Waals surface area contributed by atoms with Crippen LogP contribution in [0.25, 0.3) is 0 Å². The molecule has 630 valence electrons. The number of hydrogen-bond acceptors (Lipinski definition) is 27. The standard InChI is InChI=1S/C24H28N4O4.C21H22N4O4.C17H21NO4.C10H15NO4.C7H10N4O4.C2H6.CH4O/c1-24(2,3)32-23(30)25-21(22(29)31-17-19-12-8-5-9-13-19)14-20-16-28(27-26-20)15-18-10-6-4-7-11-18;1-27-29-16-22-20(21(26)28-15-18-10-6-3-7-11-18)12-19-14-25(24-23-19)13-17-8-4-2-5-9-17;1-5-9-14(18-16(20)22-17(2,3)4)15(19)21-12-13-10-7-6-8-11-13;1-5-6-7(8(12)13)11-9(14)15-10(2,3)4;1-14-15-4-8-6(7(12)13)2-5-3-9-11-10-5;2*1-2/h4-13,16,21H,14-15,17H2,1-3H3,(H,25,30);2-11,14,16,20H,12-13,15H2,1H3;1,6-8,10-11,14H,9,12H2,2-4H3,(H,18,20);1,7H,6H2,2-4H3,(H,11,14)(H,12,13);3-4,6H,2H2,1H3,(H,12,13)(H,9,10,11);1-2H3;2H,1H3/t21-;20-;14-;7-;6-;;/m00100../s1. The summed E-state index contributed by atoms with van der Waals surface area (Å²) in [7, 11) is 3.64. The van der Waals surface area contributed by atoms with Crippen molar-refractivity contribution in [2.45, 2.75) is 188 Å². The number of aromatic amines is 1. The Hall–Kier alpha value is -13.4. The summed E-state index contributed by atoms with van der Waals surface area (Å²) in [4.78, 5) is 119. The van der Waals surface area contributed by atoms with Gasteiger partial charge in [0.25, 0.3) is 0 Å². The molecule has 0 bridgehead atoms. The predicted molar refractivity (Wildman–Crippen MR) is 429 cm³/mol. The Bertz CT molecular complexity index is 4290. The lowest BCUT2D eigenvalue weighted by Gasteiger charge is -2.22. The normalized spacial score (nSPS) is 11.9. The number of carboxylic acids is 2. The molecule has 0 aliphatic heterocycles. The molecule has 0 aliphatic carbocycles. The molecule has 8 aromatic rings. The Kier molecular flexibility index (Phi) is 47.7. The Morgan fingerprint density at radius 2 is 0.803 bits per heavy atom. The van der Waals surface area contributed by atoms with E-state index in [1.807, 2.05) is 166 Å². The van der Waals surface area contributed by atoms with Gasteiger partial charge in [0.05, 0.1) is 50.6 Å². The van der Waals surface area contributed by atoms with Gasteiger partial charge in [-0.3, -0.25) is 0 Å². The highest BCUT2D eigenvalue weighted by atomic mass is 17.2. The first-order valence-corrected chi connectivity index (χ1v) is 36.3. The SMILES string of the molecule is C#CC[C@@H](NC(=O)OC(C)(C)C)C(=O)OCc1ccccc1.C#CC[C@H](NC(=O)OC(C)(C)C)C(=O)O.CC.CC(C)(C)OC(=O)N[C@@H](Cc1cn(Cc2ccccc2)nn1)C(=O)OCc1ccccc1.CO.COOC=N[C@@H](Cc1cn(Cc2ccccc2)nn1)C(=O)OCc1ccccc1.COOC=N[C@@H](Cc1cn[nH]n1)C(=O)O. The number of carbonyl (C=O) groups is 8. The van der Waals surface area contributed by atoms with E-state index in [4.69, 9.17) is 56.6 Å². The van der Waals surface area contributed by atoms with E-state index >= 15 is 0 Å². The van der Waals surface area contributed by atoms with Crippen molar-refractivity contribution in [1.82, 2.24) is 61.3 Å². The number of ether oxygens (including phenoxy) is 6. The Morgan fingerprint density at radius 3 is 1.15 bits per heavy atom. The van der Waals surface area contributed by atoms with Crippen LogP contribution in [0.5, 0.6) is 0 Å². The van der Waals surface area contributed by atoms with Gasteiger partial charge in [-0.05, 0) is 90.1 Å². The van der Waals surface area contributed by atoms with Crippen molar-refractivity contribution in [1.29, 1.82) is 0 Å². The molecule has 0 aliphatic rings. The number of carbonyl (C=O) groups excluding carboxylic acids is 6. The van der Waals surface area contributed by atoms with Crippen molar-refractivity contribution in [2.24, 2.45) is 9.98 Å². The van der Waals surface area contributed by atoms with Gasteiger partial charge in [-0.15, -0.1) is 34.9 Å². The Morgan fingerprint density at radius 1 is 0.470 bits per heavy atom. The summed E-state index contributed by atoms with van der Waals surface area (Å²) in [6, 6.07) is 43.0. The van der Waals surface area contributed by atoms with Crippen molar-refractivity contribution in [3.63, 3.8) is 0 Å². The number of aliphatic hydroxyl groups excluding tert-OH is 1. The third kappa shape index (κ3) is 46.4. The maximum atomic E-state index is 12.8. The van der Waals surface area contributed by atoms with Crippen LogP contribution in [0.1, 0.15) is 134 Å². The third-order valence-electron chi connectivity index (χ3n) is 13.8. The number of rotatable bonds is 32. The minimum atomic E-state index is -1.18. The number of alkyl carbamates (subject to hydrolysis) is 3. The smallest absolute Gasteiger partial charge is 0.408 e. The largest absolute Gasteiger partial charge is 0.480 e. The fourth-order valence-electron chi connectivity index (χ4n) is 8.83. The number of aliphatic carboxylic acids is 2. The highest BCUT2D eigenvalue weighted by Crippen LogP contribution is 2.15. The number of aromatic nitrogens is 9. The van der Waals surface area contributed by atoms with Crippen LogP contribution in [-0.4, -0.2) is 190 Å². The summed E-state index contributed by atoms with van der Waals surface area (Å²) in [6.45, 7) is 21.0. The van der Waals surface area contributed by atoms with Crippen molar-refractivity contribution in [2.75, 3.05) is 21.3 Å². The first-order valence-electron chi connectivity index (χ1n) is 36.3. The molecule has 8 rings (SSSR count). The van der Waals surface area contributed by atoms with Crippen LogP contribution >= 0.6 is 0 Å². The topological polar surface area (TPSA) is 453 Å². The molecule has 117 heavy (non-hydrogen) atoms. The van der Waals surface area contributed by atoms with Gasteiger partial charge in [0, 0.05) is 51.6 Å². The minimum Gasteiger partial charge on any atom is -0.480 e. The van der Waals surface area contributed by atoms with Crippen LogP contribution in [0.2, 0.25) is 0 Å². The van der Waals surface area contributed by atoms with Crippen LogP contribution in [0.15, 0.2) is 180 Å². The van der Waals surface area contributed by atoms with Gasteiger partial charge in [0.1, 0.15) is 54.7 Å². The van der Waals surface area contributed by atoms with Crippen LogP contribution in [-0.2, 0) is 124 Å². The van der Waals surface area contributed by atoms with Crippen molar-refractivity contribution in [3.8, 4) is 24.7 Å². The Balaban J connectivity index is 0.000000506. The lowest BCUT2D eigenvalue weighted by atomic mass is 10.1. The number of H-pyrrole nitrogens is 1. The van der Waals surface area contributed by atoms with Gasteiger partial charge in [-0.2, -0.15) is 25.2 Å². The number of amides is 3. The molecule has 5 aromatic carbocycles. The van der Waals surface area contributed by atoms with E-state index in [1.165, 1.54) is 20.4 Å². The van der Waals surface area contributed by atoms with Crippen molar-refractivity contribution >= 4 is 60.9 Å². The van der Waals surface area contributed by atoms with E-state index in [2.05, 4.69) is 93.4 Å². The molecule has 0 radical (unpaired) electrons. The zero-order valence-electron chi connectivity index (χ0n) is 68.1. The molecule has 3 amide bonds. The summed E-state index contributed by atoms with van der Waals surface area (Å²) >= 11 is 0. The van der Waals surface area contributed by atoms with Gasteiger partial charge < -0.3 is 69.5 Å². The van der Waals surface area contributed by atoms with Crippen LogP contribution in [0.3, 0.4) is 0 Å². The summed E-state index contributed by atoms with van der Waals surface area (Å²) in [6.07, 6.45) is 15.4.